The molecule has 6 nitrogen and oxygen atoms in total. The fourth-order valence-corrected chi connectivity index (χ4v) is 3.70. The Morgan fingerprint density at radius 3 is 2.43 bits per heavy atom. The molecule has 0 bridgehead atoms. The highest BCUT2D eigenvalue weighted by Gasteiger charge is 2.31. The third-order valence-electron chi connectivity index (χ3n) is 5.38. The minimum atomic E-state index is -1.31. The van der Waals surface area contributed by atoms with Crippen LogP contribution in [-0.4, -0.2) is 44.6 Å². The SMILES string of the molecule is CC(C)Cc1ccc(-c2nc(-c3ccc(CN4CC(C(O)O)C4)c(F)c3)no2)cc1. The minimum absolute atomic E-state index is 0.162. The van der Waals surface area contributed by atoms with Crippen LogP contribution in [0.15, 0.2) is 47.0 Å². The van der Waals surface area contributed by atoms with Crippen molar-refractivity contribution in [2.45, 2.75) is 33.1 Å². The predicted octanol–water partition coefficient (Wildman–Crippen LogP) is 3.48. The van der Waals surface area contributed by atoms with Gasteiger partial charge in [0.25, 0.3) is 5.89 Å². The van der Waals surface area contributed by atoms with Gasteiger partial charge in [-0.25, -0.2) is 4.39 Å². The van der Waals surface area contributed by atoms with Crippen LogP contribution in [0.3, 0.4) is 0 Å². The fraction of sp³-hybridized carbons (Fsp3) is 0.391. The van der Waals surface area contributed by atoms with E-state index in [1.165, 1.54) is 11.6 Å². The summed E-state index contributed by atoms with van der Waals surface area (Å²) in [5.41, 5.74) is 3.19. The molecule has 0 atom stereocenters. The number of benzene rings is 2. The van der Waals surface area contributed by atoms with E-state index in [2.05, 4.69) is 36.1 Å². The average Bonchev–Trinajstić information content (AvgIpc) is 3.15. The maximum absolute atomic E-state index is 14.6. The first-order chi connectivity index (χ1) is 14.4. The van der Waals surface area contributed by atoms with Crippen molar-refractivity contribution in [2.75, 3.05) is 13.1 Å². The molecular formula is C23H26FN3O3. The van der Waals surface area contributed by atoms with Crippen LogP contribution in [-0.2, 0) is 13.0 Å². The molecule has 2 N–H and O–H groups in total. The fourth-order valence-electron chi connectivity index (χ4n) is 3.70. The van der Waals surface area contributed by atoms with Gasteiger partial charge in [-0.05, 0) is 36.1 Å². The van der Waals surface area contributed by atoms with Crippen LogP contribution < -0.4 is 0 Å². The molecule has 30 heavy (non-hydrogen) atoms. The largest absolute Gasteiger partial charge is 0.368 e. The van der Waals surface area contributed by atoms with E-state index < -0.39 is 6.29 Å². The Labute approximate surface area is 175 Å². The minimum Gasteiger partial charge on any atom is -0.368 e. The van der Waals surface area contributed by atoms with Crippen molar-refractivity contribution in [3.8, 4) is 22.8 Å². The Balaban J connectivity index is 1.44. The number of hydrogen-bond donors (Lipinski definition) is 2. The molecule has 0 amide bonds. The van der Waals surface area contributed by atoms with Crippen molar-refractivity contribution >= 4 is 0 Å². The molecule has 0 saturated carbocycles. The van der Waals surface area contributed by atoms with E-state index in [4.69, 9.17) is 14.7 Å². The van der Waals surface area contributed by atoms with E-state index in [0.29, 0.717) is 48.4 Å². The second kappa shape index (κ2) is 8.63. The number of halogens is 1. The summed E-state index contributed by atoms with van der Waals surface area (Å²) in [6.45, 7) is 5.88. The van der Waals surface area contributed by atoms with E-state index in [0.717, 1.165) is 12.0 Å². The van der Waals surface area contributed by atoms with E-state index in [-0.39, 0.29) is 11.7 Å². The zero-order valence-corrected chi connectivity index (χ0v) is 17.1. The van der Waals surface area contributed by atoms with Crippen LogP contribution in [0.5, 0.6) is 0 Å². The molecule has 158 valence electrons. The quantitative estimate of drug-likeness (QED) is 0.579. The van der Waals surface area contributed by atoms with E-state index in [9.17, 15) is 4.39 Å². The third kappa shape index (κ3) is 4.59. The Morgan fingerprint density at radius 1 is 1.10 bits per heavy atom. The average molecular weight is 411 g/mol. The molecule has 2 heterocycles. The third-order valence-corrected chi connectivity index (χ3v) is 5.38. The van der Waals surface area contributed by atoms with Crippen molar-refractivity contribution in [2.24, 2.45) is 11.8 Å². The van der Waals surface area contributed by atoms with Gasteiger partial charge in [-0.1, -0.05) is 43.3 Å². The summed E-state index contributed by atoms with van der Waals surface area (Å²) in [7, 11) is 0. The number of aliphatic hydroxyl groups excluding tert-OH is 1. The molecule has 1 aliphatic heterocycles. The zero-order chi connectivity index (χ0) is 21.3. The lowest BCUT2D eigenvalue weighted by atomic mass is 9.98. The molecule has 2 aromatic carbocycles. The molecule has 0 spiro atoms. The van der Waals surface area contributed by atoms with Gasteiger partial charge in [-0.2, -0.15) is 4.98 Å². The smallest absolute Gasteiger partial charge is 0.258 e. The topological polar surface area (TPSA) is 82.6 Å². The van der Waals surface area contributed by atoms with E-state index in [1.54, 1.807) is 12.1 Å². The van der Waals surface area contributed by atoms with Gasteiger partial charge in [-0.15, -0.1) is 0 Å². The summed E-state index contributed by atoms with van der Waals surface area (Å²) in [6.07, 6.45) is -0.299. The van der Waals surface area contributed by atoms with Crippen molar-refractivity contribution in [3.05, 3.63) is 59.4 Å². The van der Waals surface area contributed by atoms with E-state index in [1.807, 2.05) is 17.0 Å². The van der Waals surface area contributed by atoms with Crippen LogP contribution in [0.25, 0.3) is 22.8 Å². The van der Waals surface area contributed by atoms with Gasteiger partial charge in [-0.3, -0.25) is 4.90 Å². The molecule has 1 aliphatic rings. The first kappa shape index (κ1) is 20.7. The molecule has 0 aliphatic carbocycles. The highest BCUT2D eigenvalue weighted by molar-refractivity contribution is 5.60. The molecule has 4 rings (SSSR count). The first-order valence-corrected chi connectivity index (χ1v) is 10.2. The number of nitrogens with zero attached hydrogens (tertiary/aromatic N) is 3. The lowest BCUT2D eigenvalue weighted by Crippen LogP contribution is -2.51. The number of likely N-dealkylation sites (tertiary alicyclic amines) is 1. The number of aliphatic hydroxyl groups is 2. The summed E-state index contributed by atoms with van der Waals surface area (Å²) in [4.78, 5) is 6.39. The number of aromatic nitrogens is 2. The summed E-state index contributed by atoms with van der Waals surface area (Å²) in [5, 5.41) is 22.3. The monoisotopic (exact) mass is 411 g/mol. The molecule has 1 aromatic heterocycles. The van der Waals surface area contributed by atoms with Gasteiger partial charge in [0, 0.05) is 42.2 Å². The van der Waals surface area contributed by atoms with Gasteiger partial charge in [0.05, 0.1) is 0 Å². The number of rotatable bonds is 7. The highest BCUT2D eigenvalue weighted by atomic mass is 19.1. The molecular weight excluding hydrogens is 385 g/mol. The van der Waals surface area contributed by atoms with Crippen molar-refractivity contribution < 1.29 is 19.1 Å². The van der Waals surface area contributed by atoms with Crippen LogP contribution in [0.4, 0.5) is 4.39 Å². The first-order valence-electron chi connectivity index (χ1n) is 10.2. The molecule has 0 unspecified atom stereocenters. The number of hydrogen-bond acceptors (Lipinski definition) is 6. The lowest BCUT2D eigenvalue weighted by Gasteiger charge is -2.40. The summed E-state index contributed by atoms with van der Waals surface area (Å²) >= 11 is 0. The Bertz CT molecular complexity index is 995. The molecule has 0 radical (unpaired) electrons. The Morgan fingerprint density at radius 2 is 1.80 bits per heavy atom. The summed E-state index contributed by atoms with van der Waals surface area (Å²) in [6, 6.07) is 12.9. The zero-order valence-electron chi connectivity index (χ0n) is 17.1. The highest BCUT2D eigenvalue weighted by Crippen LogP contribution is 2.26. The molecule has 3 aromatic rings. The van der Waals surface area contributed by atoms with Crippen LogP contribution in [0.1, 0.15) is 25.0 Å². The van der Waals surface area contributed by atoms with Crippen molar-refractivity contribution in [3.63, 3.8) is 0 Å². The van der Waals surface area contributed by atoms with Gasteiger partial charge < -0.3 is 14.7 Å². The Hall–Kier alpha value is -2.61. The molecule has 1 fully saturated rings. The summed E-state index contributed by atoms with van der Waals surface area (Å²) < 4.78 is 20.0. The van der Waals surface area contributed by atoms with Gasteiger partial charge >= 0.3 is 0 Å². The molecule has 1 saturated heterocycles. The summed E-state index contributed by atoms with van der Waals surface area (Å²) in [5.74, 6) is 0.829. The Kier molecular flexibility index (Phi) is 5.94. The second-order valence-electron chi connectivity index (χ2n) is 8.39. The maximum Gasteiger partial charge on any atom is 0.258 e. The predicted molar refractivity (Wildman–Crippen MR) is 111 cm³/mol. The normalized spacial score (nSPS) is 15.2. The second-order valence-corrected chi connectivity index (χ2v) is 8.39. The standard InChI is InChI=1S/C23H26FN3O3/c1-14(2)9-15-3-5-16(6-4-15)22-25-21(26-30-22)17-7-8-18(20(24)10-17)11-27-12-19(13-27)23(28)29/h3-8,10,14,19,23,28-29H,9,11-13H2,1-2H3. The van der Waals surface area contributed by atoms with Crippen molar-refractivity contribution in [1.29, 1.82) is 0 Å². The van der Waals surface area contributed by atoms with Gasteiger partial charge in [0.2, 0.25) is 5.82 Å². The maximum atomic E-state index is 14.6. The lowest BCUT2D eigenvalue weighted by molar-refractivity contribution is -0.130. The van der Waals surface area contributed by atoms with Gasteiger partial charge in [0.1, 0.15) is 5.82 Å². The van der Waals surface area contributed by atoms with Crippen molar-refractivity contribution in [1.82, 2.24) is 15.0 Å². The van der Waals surface area contributed by atoms with Crippen LogP contribution in [0.2, 0.25) is 0 Å². The van der Waals surface area contributed by atoms with E-state index >= 15 is 0 Å². The van der Waals surface area contributed by atoms with Crippen LogP contribution >= 0.6 is 0 Å². The van der Waals surface area contributed by atoms with Gasteiger partial charge in [0.15, 0.2) is 6.29 Å². The molecule has 7 heteroatoms. The van der Waals surface area contributed by atoms with Crippen LogP contribution in [0, 0.1) is 17.7 Å².